The lowest BCUT2D eigenvalue weighted by atomic mass is 9.75. The second kappa shape index (κ2) is 4.65. The summed E-state index contributed by atoms with van der Waals surface area (Å²) in [6.07, 6.45) is 2.18. The van der Waals surface area contributed by atoms with E-state index in [2.05, 4.69) is 4.90 Å². The summed E-state index contributed by atoms with van der Waals surface area (Å²) in [5.74, 6) is 0.551. The molecule has 6 heteroatoms. The molecule has 4 aliphatic rings. The number of rotatable bonds is 1. The van der Waals surface area contributed by atoms with Crippen LogP contribution in [-0.2, 0) is 4.74 Å². The van der Waals surface area contributed by atoms with Crippen LogP contribution >= 0.6 is 23.7 Å². The Labute approximate surface area is 122 Å². The molecule has 0 N–H and O–H groups in total. The van der Waals surface area contributed by atoms with Crippen LogP contribution in [0.1, 0.15) is 12.8 Å². The first-order valence-electron chi connectivity index (χ1n) is 6.52. The third-order valence-corrected chi connectivity index (χ3v) is 5.25. The van der Waals surface area contributed by atoms with Crippen molar-refractivity contribution < 1.29 is 9.53 Å². The Kier molecular flexibility index (Phi) is 3.23. The topological polar surface area (TPSA) is 32.8 Å². The lowest BCUT2D eigenvalue weighted by molar-refractivity contribution is -0.0881. The van der Waals surface area contributed by atoms with Crippen LogP contribution in [0.25, 0.3) is 0 Å². The number of hydrogen-bond donors (Lipinski definition) is 0. The van der Waals surface area contributed by atoms with E-state index in [9.17, 15) is 4.79 Å². The first-order valence-corrected chi connectivity index (χ1v) is 7.46. The standard InChI is InChI=1S/C13H16N2O2S.ClH/c16-12-15(11-3-6-18-7-11)9-13(17-12)8-14-4-1-10(13)2-5-14;/h3,6-7,10H,1-2,4-5,8-9H2;1H/t13-;/m1./s1. The molecule has 19 heavy (non-hydrogen) atoms. The van der Waals surface area contributed by atoms with E-state index in [4.69, 9.17) is 4.74 Å². The molecular weight excluding hydrogens is 284 g/mol. The van der Waals surface area contributed by atoms with Crippen LogP contribution in [0.2, 0.25) is 0 Å². The highest BCUT2D eigenvalue weighted by Crippen LogP contribution is 2.43. The van der Waals surface area contributed by atoms with Gasteiger partial charge in [-0.1, -0.05) is 0 Å². The molecule has 2 bridgehead atoms. The molecule has 1 spiro atoms. The Morgan fingerprint density at radius 3 is 2.68 bits per heavy atom. The molecule has 5 heterocycles. The average Bonchev–Trinajstić information content (AvgIpc) is 2.99. The van der Waals surface area contributed by atoms with Crippen LogP contribution in [0.3, 0.4) is 0 Å². The number of anilines is 1. The number of hydrogen-bond acceptors (Lipinski definition) is 4. The van der Waals surface area contributed by atoms with Crippen molar-refractivity contribution in [3.8, 4) is 0 Å². The molecule has 1 aromatic rings. The van der Waals surface area contributed by atoms with Crippen molar-refractivity contribution in [1.82, 2.24) is 4.90 Å². The molecule has 0 aromatic carbocycles. The van der Waals surface area contributed by atoms with Gasteiger partial charge >= 0.3 is 6.09 Å². The average molecular weight is 301 g/mol. The van der Waals surface area contributed by atoms with E-state index in [1.807, 2.05) is 16.8 Å². The third-order valence-electron chi connectivity index (χ3n) is 4.58. The van der Waals surface area contributed by atoms with Crippen LogP contribution < -0.4 is 4.90 Å². The van der Waals surface area contributed by atoms with Crippen molar-refractivity contribution in [2.24, 2.45) is 5.92 Å². The molecule has 0 aliphatic carbocycles. The number of amides is 1. The highest BCUT2D eigenvalue weighted by molar-refractivity contribution is 7.08. The zero-order chi connectivity index (χ0) is 12.2. The largest absolute Gasteiger partial charge is 0.439 e. The molecule has 4 fully saturated rings. The zero-order valence-corrected chi connectivity index (χ0v) is 12.2. The van der Waals surface area contributed by atoms with Gasteiger partial charge in [-0.3, -0.25) is 9.80 Å². The van der Waals surface area contributed by atoms with Crippen molar-refractivity contribution >= 4 is 35.5 Å². The molecule has 5 rings (SSSR count). The quantitative estimate of drug-likeness (QED) is 0.799. The Bertz CT molecular complexity index is 473. The van der Waals surface area contributed by atoms with Crippen LogP contribution in [0.15, 0.2) is 16.8 Å². The number of fused-ring (bicyclic) bond motifs is 2. The van der Waals surface area contributed by atoms with Gasteiger partial charge in [0.25, 0.3) is 0 Å². The molecule has 104 valence electrons. The molecule has 4 saturated heterocycles. The van der Waals surface area contributed by atoms with Gasteiger partial charge in [0.15, 0.2) is 0 Å². The predicted octanol–water partition coefficient (Wildman–Crippen LogP) is 2.59. The Morgan fingerprint density at radius 2 is 2.11 bits per heavy atom. The van der Waals surface area contributed by atoms with Gasteiger partial charge in [-0.2, -0.15) is 11.3 Å². The molecule has 1 aromatic heterocycles. The van der Waals surface area contributed by atoms with Crippen molar-refractivity contribution in [2.45, 2.75) is 18.4 Å². The number of carbonyl (C=O) groups excluding carboxylic acids is 1. The molecule has 0 radical (unpaired) electrons. The van der Waals surface area contributed by atoms with Crippen molar-refractivity contribution in [2.75, 3.05) is 31.1 Å². The smallest absolute Gasteiger partial charge is 0.415 e. The molecular formula is C13H17ClN2O2S. The van der Waals surface area contributed by atoms with Gasteiger partial charge in [-0.15, -0.1) is 12.4 Å². The Morgan fingerprint density at radius 1 is 1.32 bits per heavy atom. The van der Waals surface area contributed by atoms with E-state index in [1.165, 1.54) is 25.9 Å². The highest BCUT2D eigenvalue weighted by Gasteiger charge is 2.55. The molecule has 1 atom stereocenters. The van der Waals surface area contributed by atoms with E-state index >= 15 is 0 Å². The van der Waals surface area contributed by atoms with Crippen molar-refractivity contribution in [1.29, 1.82) is 0 Å². The summed E-state index contributed by atoms with van der Waals surface area (Å²) < 4.78 is 5.81. The van der Waals surface area contributed by atoms with Gasteiger partial charge < -0.3 is 4.74 Å². The normalized spacial score (nSPS) is 36.4. The fourth-order valence-corrected chi connectivity index (χ4v) is 4.26. The molecule has 4 nitrogen and oxygen atoms in total. The predicted molar refractivity (Wildman–Crippen MR) is 77.3 cm³/mol. The van der Waals surface area contributed by atoms with E-state index < -0.39 is 0 Å². The lowest BCUT2D eigenvalue weighted by Crippen LogP contribution is -2.61. The summed E-state index contributed by atoms with van der Waals surface area (Å²) in [5, 5.41) is 4.02. The summed E-state index contributed by atoms with van der Waals surface area (Å²) in [6.45, 7) is 3.98. The maximum atomic E-state index is 12.1. The van der Waals surface area contributed by atoms with Crippen LogP contribution in [0.5, 0.6) is 0 Å². The molecule has 0 saturated carbocycles. The maximum Gasteiger partial charge on any atom is 0.415 e. The van der Waals surface area contributed by atoms with Gasteiger partial charge in [0.2, 0.25) is 0 Å². The van der Waals surface area contributed by atoms with E-state index in [0.29, 0.717) is 5.92 Å². The van der Waals surface area contributed by atoms with Gasteiger partial charge in [0.1, 0.15) is 5.60 Å². The second-order valence-corrected chi connectivity index (χ2v) is 6.33. The summed E-state index contributed by atoms with van der Waals surface area (Å²) in [7, 11) is 0. The summed E-state index contributed by atoms with van der Waals surface area (Å²) in [5.41, 5.74) is 0.744. The van der Waals surface area contributed by atoms with Gasteiger partial charge in [0.05, 0.1) is 12.2 Å². The van der Waals surface area contributed by atoms with E-state index in [-0.39, 0.29) is 24.1 Å². The zero-order valence-electron chi connectivity index (χ0n) is 10.6. The van der Waals surface area contributed by atoms with Gasteiger partial charge in [-0.05, 0) is 37.4 Å². The number of ether oxygens (including phenoxy) is 1. The monoisotopic (exact) mass is 300 g/mol. The van der Waals surface area contributed by atoms with Crippen molar-refractivity contribution in [3.05, 3.63) is 16.8 Å². The molecule has 1 amide bonds. The number of piperidine rings is 3. The summed E-state index contributed by atoms with van der Waals surface area (Å²) in [4.78, 5) is 16.4. The van der Waals surface area contributed by atoms with Crippen molar-refractivity contribution in [3.63, 3.8) is 0 Å². The van der Waals surface area contributed by atoms with Gasteiger partial charge in [0, 0.05) is 17.8 Å². The third kappa shape index (κ3) is 1.95. The van der Waals surface area contributed by atoms with Crippen LogP contribution in [0.4, 0.5) is 10.5 Å². The van der Waals surface area contributed by atoms with Crippen LogP contribution in [-0.4, -0.2) is 42.8 Å². The van der Waals surface area contributed by atoms with Crippen LogP contribution in [0, 0.1) is 5.92 Å². The number of carbonyl (C=O) groups is 1. The van der Waals surface area contributed by atoms with E-state index in [1.54, 1.807) is 16.2 Å². The second-order valence-electron chi connectivity index (χ2n) is 5.55. The first kappa shape index (κ1) is 13.2. The molecule has 4 aliphatic heterocycles. The summed E-state index contributed by atoms with van der Waals surface area (Å²) >= 11 is 1.62. The fourth-order valence-electron chi connectivity index (χ4n) is 3.62. The number of thiophene rings is 1. The summed E-state index contributed by atoms with van der Waals surface area (Å²) in [6, 6.07) is 1.99. The molecule has 0 unspecified atom stereocenters. The fraction of sp³-hybridized carbons (Fsp3) is 0.615. The number of halogens is 1. The minimum atomic E-state index is -0.241. The first-order chi connectivity index (χ1) is 8.77. The highest BCUT2D eigenvalue weighted by atomic mass is 35.5. The Hall–Kier alpha value is -0.780. The SMILES string of the molecule is Cl.O=C1O[C@]2(CN3CCC2CC3)CN1c1ccsc1. The van der Waals surface area contributed by atoms with E-state index in [0.717, 1.165) is 18.8 Å². The minimum Gasteiger partial charge on any atom is -0.439 e. The Balaban J connectivity index is 0.00000110. The van der Waals surface area contributed by atoms with Gasteiger partial charge in [-0.25, -0.2) is 4.79 Å². The maximum absolute atomic E-state index is 12.1. The minimum absolute atomic E-state index is 0. The lowest BCUT2D eigenvalue weighted by Gasteiger charge is -2.49. The number of nitrogens with zero attached hydrogens (tertiary/aromatic N) is 2.